The summed E-state index contributed by atoms with van der Waals surface area (Å²) in [5.41, 5.74) is 1.62. The summed E-state index contributed by atoms with van der Waals surface area (Å²) < 4.78 is 10.7. The normalized spacial score (nSPS) is 16.2. The number of carboxylic acids is 1. The summed E-state index contributed by atoms with van der Waals surface area (Å²) in [6.07, 6.45) is 0.526. The van der Waals surface area contributed by atoms with Gasteiger partial charge in [0.25, 0.3) is 0 Å². The Balaban J connectivity index is 1.73. The number of thioether (sulfide) groups is 1. The van der Waals surface area contributed by atoms with Crippen LogP contribution in [0.1, 0.15) is 12.0 Å². The van der Waals surface area contributed by atoms with Crippen molar-refractivity contribution >= 4 is 28.5 Å². The summed E-state index contributed by atoms with van der Waals surface area (Å²) in [6.45, 7) is 0.209. The summed E-state index contributed by atoms with van der Waals surface area (Å²) >= 11 is 1.19. The number of carboxylic acid groups (broad SMARTS) is 1. The maximum absolute atomic E-state index is 10.5. The van der Waals surface area contributed by atoms with Gasteiger partial charge in [0.05, 0.1) is 11.5 Å². The molecule has 0 radical (unpaired) electrons. The van der Waals surface area contributed by atoms with E-state index in [0.29, 0.717) is 23.0 Å². The Hall–Kier alpha value is -2.02. The molecule has 7 heteroatoms. The molecule has 0 spiro atoms. The quantitative estimate of drug-likeness (QED) is 0.910. The van der Waals surface area contributed by atoms with Gasteiger partial charge in [0.15, 0.2) is 11.5 Å². The number of nitrogens with zero attached hydrogens (tertiary/aromatic N) is 2. The topological polar surface area (TPSA) is 80.5 Å². The number of rotatable bonds is 3. The average molecular weight is 278 g/mol. The fourth-order valence-electron chi connectivity index (χ4n) is 1.86. The molecular formula is C12H10N2O4S. The summed E-state index contributed by atoms with van der Waals surface area (Å²) in [4.78, 5) is 10.5. The number of benzene rings is 1. The fraction of sp³-hybridized carbons (Fsp3) is 0.250. The number of carbonyl (C=O) groups is 1. The monoisotopic (exact) mass is 278 g/mol. The third kappa shape index (κ3) is 2.41. The van der Waals surface area contributed by atoms with Crippen molar-refractivity contribution in [1.82, 2.24) is 0 Å². The molecule has 0 unspecified atom stereocenters. The molecule has 98 valence electrons. The Morgan fingerprint density at radius 3 is 3.11 bits per heavy atom. The van der Waals surface area contributed by atoms with Crippen LogP contribution in [0.5, 0.6) is 11.5 Å². The predicted molar refractivity (Wildman–Crippen MR) is 71.2 cm³/mol. The van der Waals surface area contributed by atoms with Crippen LogP contribution >= 0.6 is 11.8 Å². The van der Waals surface area contributed by atoms with Crippen LogP contribution in [0.15, 0.2) is 28.4 Å². The lowest BCUT2D eigenvalue weighted by Crippen LogP contribution is -2.06. The molecule has 0 atom stereocenters. The molecule has 0 bridgehead atoms. The van der Waals surface area contributed by atoms with E-state index in [1.165, 1.54) is 11.8 Å². The Morgan fingerprint density at radius 1 is 1.37 bits per heavy atom. The van der Waals surface area contributed by atoms with Crippen molar-refractivity contribution in [2.45, 2.75) is 6.42 Å². The van der Waals surface area contributed by atoms with Crippen LogP contribution in [0.3, 0.4) is 0 Å². The van der Waals surface area contributed by atoms with Crippen molar-refractivity contribution in [2.24, 2.45) is 10.2 Å². The summed E-state index contributed by atoms with van der Waals surface area (Å²) in [7, 11) is 0. The molecule has 0 amide bonds. The van der Waals surface area contributed by atoms with Gasteiger partial charge in [-0.25, -0.2) is 0 Å². The van der Waals surface area contributed by atoms with Crippen molar-refractivity contribution in [3.63, 3.8) is 0 Å². The first-order valence-electron chi connectivity index (χ1n) is 5.61. The van der Waals surface area contributed by atoms with Gasteiger partial charge in [-0.3, -0.25) is 4.79 Å². The molecule has 1 N–H and O–H groups in total. The second kappa shape index (κ2) is 4.93. The summed E-state index contributed by atoms with van der Waals surface area (Å²) in [5, 5.41) is 17.4. The SMILES string of the molecule is O=C(O)CSC1=NN=C(c2cccc3c2OCO3)C1. The highest BCUT2D eigenvalue weighted by Gasteiger charge is 2.24. The third-order valence-corrected chi connectivity index (χ3v) is 3.62. The number of aliphatic carboxylic acids is 1. The van der Waals surface area contributed by atoms with Crippen LogP contribution in [-0.2, 0) is 4.79 Å². The minimum Gasteiger partial charge on any atom is -0.481 e. The Kier molecular flexibility index (Phi) is 3.12. The van der Waals surface area contributed by atoms with Gasteiger partial charge in [-0.15, -0.1) is 5.10 Å². The fourth-order valence-corrected chi connectivity index (χ4v) is 2.49. The standard InChI is InChI=1S/C12H10N2O4S/c15-11(16)5-19-10-4-8(13-14-10)7-2-1-3-9-12(7)18-6-17-9/h1-3H,4-6H2,(H,15,16). The molecule has 2 heterocycles. The predicted octanol–water partition coefficient (Wildman–Crippen LogP) is 1.74. The number of fused-ring (bicyclic) bond motifs is 1. The van der Waals surface area contributed by atoms with Crippen molar-refractivity contribution in [1.29, 1.82) is 0 Å². The van der Waals surface area contributed by atoms with Crippen molar-refractivity contribution in [2.75, 3.05) is 12.5 Å². The van der Waals surface area contributed by atoms with E-state index in [4.69, 9.17) is 14.6 Å². The highest BCUT2D eigenvalue weighted by Crippen LogP contribution is 2.37. The maximum atomic E-state index is 10.5. The lowest BCUT2D eigenvalue weighted by molar-refractivity contribution is -0.133. The average Bonchev–Trinajstić information content (AvgIpc) is 3.04. The van der Waals surface area contributed by atoms with E-state index < -0.39 is 5.97 Å². The Bertz CT molecular complexity index is 597. The molecule has 0 aromatic heterocycles. The van der Waals surface area contributed by atoms with Gasteiger partial charge in [0.1, 0.15) is 5.04 Å². The van der Waals surface area contributed by atoms with E-state index in [0.717, 1.165) is 11.3 Å². The lowest BCUT2D eigenvalue weighted by atomic mass is 10.1. The molecule has 2 aliphatic heterocycles. The van der Waals surface area contributed by atoms with Crippen LogP contribution < -0.4 is 9.47 Å². The molecule has 6 nitrogen and oxygen atoms in total. The molecule has 3 rings (SSSR count). The lowest BCUT2D eigenvalue weighted by Gasteiger charge is -2.04. The second-order valence-electron chi connectivity index (χ2n) is 3.94. The number of ether oxygens (including phenoxy) is 2. The minimum absolute atomic E-state index is 0.00581. The maximum Gasteiger partial charge on any atom is 0.313 e. The van der Waals surface area contributed by atoms with E-state index in [1.54, 1.807) is 0 Å². The highest BCUT2D eigenvalue weighted by atomic mass is 32.2. The van der Waals surface area contributed by atoms with Crippen LogP contribution in [0.2, 0.25) is 0 Å². The summed E-state index contributed by atoms with van der Waals surface area (Å²) in [6, 6.07) is 5.60. The van der Waals surface area contributed by atoms with E-state index >= 15 is 0 Å². The van der Waals surface area contributed by atoms with E-state index in [-0.39, 0.29) is 12.5 Å². The van der Waals surface area contributed by atoms with Gasteiger partial charge < -0.3 is 14.6 Å². The first kappa shape index (κ1) is 12.0. The van der Waals surface area contributed by atoms with E-state index in [1.807, 2.05) is 18.2 Å². The van der Waals surface area contributed by atoms with Gasteiger partial charge >= 0.3 is 5.97 Å². The smallest absolute Gasteiger partial charge is 0.313 e. The van der Waals surface area contributed by atoms with Crippen molar-refractivity contribution in [3.05, 3.63) is 23.8 Å². The molecule has 1 aromatic carbocycles. The highest BCUT2D eigenvalue weighted by molar-refractivity contribution is 8.14. The molecule has 0 fully saturated rings. The van der Waals surface area contributed by atoms with E-state index in [2.05, 4.69) is 10.2 Å². The molecule has 1 aromatic rings. The van der Waals surface area contributed by atoms with Crippen LogP contribution in [0.4, 0.5) is 0 Å². The third-order valence-electron chi connectivity index (χ3n) is 2.67. The molecule has 0 saturated heterocycles. The van der Waals surface area contributed by atoms with Crippen LogP contribution in [-0.4, -0.2) is 34.4 Å². The number of hydrogen-bond donors (Lipinski definition) is 1. The largest absolute Gasteiger partial charge is 0.481 e. The van der Waals surface area contributed by atoms with Crippen LogP contribution in [0.25, 0.3) is 0 Å². The first-order chi connectivity index (χ1) is 9.24. The molecule has 19 heavy (non-hydrogen) atoms. The Labute approximate surface area is 113 Å². The van der Waals surface area contributed by atoms with E-state index in [9.17, 15) is 4.79 Å². The zero-order chi connectivity index (χ0) is 13.2. The first-order valence-corrected chi connectivity index (χ1v) is 6.59. The van der Waals surface area contributed by atoms with Gasteiger partial charge in [0, 0.05) is 12.0 Å². The summed E-state index contributed by atoms with van der Waals surface area (Å²) in [5.74, 6) is 0.514. The van der Waals surface area contributed by atoms with Crippen molar-refractivity contribution < 1.29 is 19.4 Å². The zero-order valence-electron chi connectivity index (χ0n) is 9.83. The van der Waals surface area contributed by atoms with Gasteiger partial charge in [-0.05, 0) is 12.1 Å². The zero-order valence-corrected chi connectivity index (χ0v) is 10.6. The van der Waals surface area contributed by atoms with Gasteiger partial charge in [-0.1, -0.05) is 17.8 Å². The second-order valence-corrected chi connectivity index (χ2v) is 4.99. The number of para-hydroxylation sites is 1. The molecular weight excluding hydrogens is 268 g/mol. The molecule has 2 aliphatic rings. The Morgan fingerprint density at radius 2 is 2.26 bits per heavy atom. The van der Waals surface area contributed by atoms with Crippen molar-refractivity contribution in [3.8, 4) is 11.5 Å². The van der Waals surface area contributed by atoms with Crippen LogP contribution in [0, 0.1) is 0 Å². The number of hydrogen-bond acceptors (Lipinski definition) is 6. The minimum atomic E-state index is -0.863. The molecule has 0 aliphatic carbocycles. The molecule has 0 saturated carbocycles. The van der Waals surface area contributed by atoms with Gasteiger partial charge in [0.2, 0.25) is 6.79 Å². The van der Waals surface area contributed by atoms with Gasteiger partial charge in [-0.2, -0.15) is 5.10 Å².